The topological polar surface area (TPSA) is 76.9 Å². The van der Waals surface area contributed by atoms with Crippen LogP contribution in [0, 0.1) is 11.3 Å². The number of nitrogens with zero attached hydrogens (tertiary/aromatic N) is 3. The maximum absolute atomic E-state index is 12.2. The van der Waals surface area contributed by atoms with Crippen LogP contribution in [0.25, 0.3) is 5.69 Å². The molecule has 1 aromatic carbocycles. The standard InChI is InChI=1S/C14H12ClF3N4OS/c1-2-24-7-9-11(6-19)21-22(13(9)20)12-4-3-8(5-10(12)15)23-14(16,17)18/h3-5H,2,7,20H2,1H3. The molecule has 0 spiro atoms. The number of nitriles is 1. The largest absolute Gasteiger partial charge is 0.573 e. The average molecular weight is 377 g/mol. The molecule has 24 heavy (non-hydrogen) atoms. The molecule has 0 aliphatic heterocycles. The molecule has 1 heterocycles. The highest BCUT2D eigenvalue weighted by atomic mass is 35.5. The molecule has 1 aromatic heterocycles. The van der Waals surface area contributed by atoms with Crippen molar-refractivity contribution < 1.29 is 17.9 Å². The SMILES string of the molecule is CCSCc1c(C#N)nn(-c2ccc(OC(F)(F)F)cc2Cl)c1N. The molecule has 2 rings (SSSR count). The fourth-order valence-corrected chi connectivity index (χ4v) is 2.88. The van der Waals surface area contributed by atoms with Crippen LogP contribution in [0.4, 0.5) is 19.0 Å². The highest BCUT2D eigenvalue weighted by Gasteiger charge is 2.31. The number of ether oxygens (including phenoxy) is 1. The van der Waals surface area contributed by atoms with Crippen LogP contribution in [-0.4, -0.2) is 21.9 Å². The number of benzene rings is 1. The minimum atomic E-state index is -4.81. The predicted octanol–water partition coefficient (Wildman–Crippen LogP) is 4.13. The normalized spacial score (nSPS) is 11.3. The average Bonchev–Trinajstić information content (AvgIpc) is 2.80. The summed E-state index contributed by atoms with van der Waals surface area (Å²) in [6.45, 7) is 1.97. The second kappa shape index (κ2) is 7.23. The van der Waals surface area contributed by atoms with Crippen LogP contribution in [-0.2, 0) is 5.75 Å². The molecule has 0 unspecified atom stereocenters. The van der Waals surface area contributed by atoms with E-state index in [1.165, 1.54) is 10.7 Å². The Labute approximate surface area is 145 Å². The number of thioether (sulfide) groups is 1. The van der Waals surface area contributed by atoms with E-state index in [-0.39, 0.29) is 22.2 Å². The Morgan fingerprint density at radius 3 is 2.71 bits per heavy atom. The zero-order valence-corrected chi connectivity index (χ0v) is 14.0. The Balaban J connectivity index is 2.42. The van der Waals surface area contributed by atoms with E-state index >= 15 is 0 Å². The molecule has 5 nitrogen and oxygen atoms in total. The summed E-state index contributed by atoms with van der Waals surface area (Å²) >= 11 is 7.59. The van der Waals surface area contributed by atoms with Crippen LogP contribution >= 0.6 is 23.4 Å². The van der Waals surface area contributed by atoms with Crippen molar-refractivity contribution in [2.24, 2.45) is 0 Å². The lowest BCUT2D eigenvalue weighted by atomic mass is 10.2. The third-order valence-corrected chi connectivity index (χ3v) is 4.16. The van der Waals surface area contributed by atoms with Crippen molar-refractivity contribution >= 4 is 29.2 Å². The Kier molecular flexibility index (Phi) is 5.51. The fourth-order valence-electron chi connectivity index (χ4n) is 1.94. The molecule has 0 amide bonds. The molecule has 0 radical (unpaired) electrons. The smallest absolute Gasteiger partial charge is 0.406 e. The molecular formula is C14H12ClF3N4OS. The maximum atomic E-state index is 12.2. The molecule has 128 valence electrons. The summed E-state index contributed by atoms with van der Waals surface area (Å²) in [5.74, 6) is 1.10. The van der Waals surface area contributed by atoms with Gasteiger partial charge >= 0.3 is 6.36 Å². The second-order valence-corrected chi connectivity index (χ2v) is 6.22. The van der Waals surface area contributed by atoms with E-state index in [9.17, 15) is 18.4 Å². The zero-order chi connectivity index (χ0) is 17.9. The Morgan fingerprint density at radius 1 is 1.46 bits per heavy atom. The fraction of sp³-hybridized carbons (Fsp3) is 0.286. The van der Waals surface area contributed by atoms with Crippen LogP contribution < -0.4 is 10.5 Å². The van der Waals surface area contributed by atoms with Gasteiger partial charge in [0, 0.05) is 17.4 Å². The van der Waals surface area contributed by atoms with Crippen molar-refractivity contribution in [1.29, 1.82) is 5.26 Å². The minimum absolute atomic E-state index is 0.0369. The summed E-state index contributed by atoms with van der Waals surface area (Å²) in [4.78, 5) is 0. The van der Waals surface area contributed by atoms with Crippen molar-refractivity contribution in [2.45, 2.75) is 19.0 Å². The van der Waals surface area contributed by atoms with Gasteiger partial charge in [0.1, 0.15) is 17.6 Å². The number of hydrogen-bond donors (Lipinski definition) is 1. The first-order valence-electron chi connectivity index (χ1n) is 6.67. The Bertz CT molecular complexity index is 786. The summed E-state index contributed by atoms with van der Waals surface area (Å²) in [6.07, 6.45) is -4.81. The summed E-state index contributed by atoms with van der Waals surface area (Å²) < 4.78 is 41.8. The van der Waals surface area contributed by atoms with Gasteiger partial charge in [0.05, 0.1) is 10.7 Å². The summed E-state index contributed by atoms with van der Waals surface area (Å²) in [5.41, 5.74) is 7.00. The van der Waals surface area contributed by atoms with Gasteiger partial charge in [-0.05, 0) is 17.9 Å². The predicted molar refractivity (Wildman–Crippen MR) is 86.2 cm³/mol. The summed E-state index contributed by atoms with van der Waals surface area (Å²) in [6, 6.07) is 5.36. The van der Waals surface area contributed by atoms with E-state index in [1.54, 1.807) is 11.8 Å². The van der Waals surface area contributed by atoms with E-state index in [0.717, 1.165) is 17.9 Å². The monoisotopic (exact) mass is 376 g/mol. The van der Waals surface area contributed by atoms with Gasteiger partial charge in [-0.25, -0.2) is 4.68 Å². The number of anilines is 1. The highest BCUT2D eigenvalue weighted by Crippen LogP contribution is 2.32. The van der Waals surface area contributed by atoms with Gasteiger partial charge in [-0.15, -0.1) is 13.2 Å². The van der Waals surface area contributed by atoms with Crippen LogP contribution in [0.5, 0.6) is 5.75 Å². The van der Waals surface area contributed by atoms with Crippen molar-refractivity contribution in [1.82, 2.24) is 9.78 Å². The molecule has 0 saturated carbocycles. The molecular weight excluding hydrogens is 365 g/mol. The van der Waals surface area contributed by atoms with Crippen molar-refractivity contribution in [2.75, 3.05) is 11.5 Å². The molecule has 0 saturated heterocycles. The number of alkyl halides is 3. The lowest BCUT2D eigenvalue weighted by Crippen LogP contribution is -2.17. The molecule has 0 aliphatic rings. The number of nitrogens with two attached hydrogens (primary N) is 1. The van der Waals surface area contributed by atoms with Gasteiger partial charge in [-0.1, -0.05) is 18.5 Å². The maximum Gasteiger partial charge on any atom is 0.573 e. The Hall–Kier alpha value is -2.05. The molecule has 0 aliphatic carbocycles. The number of aromatic nitrogens is 2. The molecule has 2 N–H and O–H groups in total. The lowest BCUT2D eigenvalue weighted by molar-refractivity contribution is -0.274. The van der Waals surface area contributed by atoms with Crippen molar-refractivity contribution in [3.8, 4) is 17.5 Å². The number of rotatable bonds is 5. The van der Waals surface area contributed by atoms with Gasteiger partial charge in [0.25, 0.3) is 0 Å². The van der Waals surface area contributed by atoms with E-state index < -0.39 is 12.1 Å². The Morgan fingerprint density at radius 2 is 2.17 bits per heavy atom. The van der Waals surface area contributed by atoms with Crippen molar-refractivity contribution in [3.05, 3.63) is 34.5 Å². The third-order valence-electron chi connectivity index (χ3n) is 2.96. The molecule has 10 heteroatoms. The van der Waals surface area contributed by atoms with Gasteiger partial charge in [0.15, 0.2) is 5.69 Å². The number of hydrogen-bond acceptors (Lipinski definition) is 5. The van der Waals surface area contributed by atoms with Crippen LogP contribution in [0.3, 0.4) is 0 Å². The zero-order valence-electron chi connectivity index (χ0n) is 12.4. The van der Waals surface area contributed by atoms with E-state index in [0.29, 0.717) is 11.3 Å². The first-order valence-corrected chi connectivity index (χ1v) is 8.21. The van der Waals surface area contributed by atoms with E-state index in [4.69, 9.17) is 17.3 Å². The highest BCUT2D eigenvalue weighted by molar-refractivity contribution is 7.98. The van der Waals surface area contributed by atoms with Crippen LogP contribution in [0.2, 0.25) is 5.02 Å². The molecule has 2 aromatic rings. The third kappa shape index (κ3) is 4.07. The van der Waals surface area contributed by atoms with Gasteiger partial charge in [-0.2, -0.15) is 22.1 Å². The minimum Gasteiger partial charge on any atom is -0.406 e. The summed E-state index contributed by atoms with van der Waals surface area (Å²) in [5, 5.41) is 13.2. The van der Waals surface area contributed by atoms with Crippen LogP contribution in [0.15, 0.2) is 18.2 Å². The number of nitrogen functional groups attached to an aromatic ring is 1. The molecule has 0 bridgehead atoms. The lowest BCUT2D eigenvalue weighted by Gasteiger charge is -2.11. The van der Waals surface area contributed by atoms with E-state index in [2.05, 4.69) is 9.84 Å². The van der Waals surface area contributed by atoms with Crippen molar-refractivity contribution in [3.63, 3.8) is 0 Å². The van der Waals surface area contributed by atoms with E-state index in [1.807, 2.05) is 13.0 Å². The van der Waals surface area contributed by atoms with Crippen LogP contribution in [0.1, 0.15) is 18.2 Å². The second-order valence-electron chi connectivity index (χ2n) is 4.53. The first-order chi connectivity index (χ1) is 11.3. The summed E-state index contributed by atoms with van der Waals surface area (Å²) in [7, 11) is 0. The van der Waals surface area contributed by atoms with Gasteiger partial charge < -0.3 is 10.5 Å². The molecule has 0 atom stereocenters. The first kappa shape index (κ1) is 18.3. The van der Waals surface area contributed by atoms with Gasteiger partial charge in [0.2, 0.25) is 0 Å². The quantitative estimate of drug-likeness (QED) is 0.848. The molecule has 0 fully saturated rings. The number of halogens is 4. The van der Waals surface area contributed by atoms with Gasteiger partial charge in [-0.3, -0.25) is 0 Å².